The molecule has 70 valence electrons. The van der Waals surface area contributed by atoms with Crippen LogP contribution in [0, 0.1) is 0 Å². The highest BCUT2D eigenvalue weighted by molar-refractivity contribution is 5.16. The van der Waals surface area contributed by atoms with Crippen LogP contribution in [-0.2, 0) is 11.3 Å². The zero-order chi connectivity index (χ0) is 9.10. The molecule has 0 aromatic carbocycles. The highest BCUT2D eigenvalue weighted by Crippen LogP contribution is 2.13. The van der Waals surface area contributed by atoms with Crippen molar-refractivity contribution in [1.82, 2.24) is 4.98 Å². The van der Waals surface area contributed by atoms with Crippen molar-refractivity contribution in [3.05, 3.63) is 23.9 Å². The Morgan fingerprint density at radius 1 is 1.54 bits per heavy atom. The number of hydrogen-bond donors (Lipinski definition) is 1. The van der Waals surface area contributed by atoms with Crippen molar-refractivity contribution < 1.29 is 9.47 Å². The van der Waals surface area contributed by atoms with Crippen LogP contribution in [0.3, 0.4) is 0 Å². The van der Waals surface area contributed by atoms with E-state index in [-0.39, 0.29) is 6.10 Å². The van der Waals surface area contributed by atoms with Gasteiger partial charge in [0.1, 0.15) is 6.10 Å². The Balaban J connectivity index is 2.01. The highest BCUT2D eigenvalue weighted by atomic mass is 16.6. The van der Waals surface area contributed by atoms with Gasteiger partial charge in [-0.3, -0.25) is 0 Å². The van der Waals surface area contributed by atoms with E-state index in [9.17, 15) is 0 Å². The third-order valence-corrected chi connectivity index (χ3v) is 1.89. The summed E-state index contributed by atoms with van der Waals surface area (Å²) >= 11 is 0. The van der Waals surface area contributed by atoms with Gasteiger partial charge < -0.3 is 15.2 Å². The van der Waals surface area contributed by atoms with Crippen LogP contribution in [0.25, 0.3) is 0 Å². The second-order valence-electron chi connectivity index (χ2n) is 2.95. The first kappa shape index (κ1) is 8.47. The smallest absolute Gasteiger partial charge is 0.213 e. The topological polar surface area (TPSA) is 57.4 Å². The highest BCUT2D eigenvalue weighted by Gasteiger charge is 2.20. The summed E-state index contributed by atoms with van der Waals surface area (Å²) in [6.45, 7) is 1.77. The Hall–Kier alpha value is -1.13. The third-order valence-electron chi connectivity index (χ3n) is 1.89. The molecule has 1 fully saturated rings. The summed E-state index contributed by atoms with van der Waals surface area (Å²) in [7, 11) is 0. The predicted molar refractivity (Wildman–Crippen MR) is 47.4 cm³/mol. The Morgan fingerprint density at radius 2 is 2.38 bits per heavy atom. The molecular formula is C9H12N2O2. The Kier molecular flexibility index (Phi) is 2.42. The number of rotatable bonds is 3. The summed E-state index contributed by atoms with van der Waals surface area (Å²) in [6.07, 6.45) is 0.167. The van der Waals surface area contributed by atoms with Gasteiger partial charge in [0.2, 0.25) is 5.88 Å². The van der Waals surface area contributed by atoms with Gasteiger partial charge in [0.05, 0.1) is 18.9 Å². The van der Waals surface area contributed by atoms with Crippen LogP contribution in [0.5, 0.6) is 5.88 Å². The molecule has 1 aromatic heterocycles. The Bertz CT molecular complexity index is 287. The fourth-order valence-electron chi connectivity index (χ4n) is 1.09. The molecular weight excluding hydrogens is 168 g/mol. The molecule has 0 saturated carbocycles. The molecule has 0 amide bonds. The van der Waals surface area contributed by atoms with Crippen LogP contribution in [-0.4, -0.2) is 24.3 Å². The molecule has 0 unspecified atom stereocenters. The first-order chi connectivity index (χ1) is 6.38. The van der Waals surface area contributed by atoms with Gasteiger partial charge >= 0.3 is 0 Å². The van der Waals surface area contributed by atoms with Crippen LogP contribution >= 0.6 is 0 Å². The van der Waals surface area contributed by atoms with Crippen LogP contribution in [0.15, 0.2) is 18.2 Å². The van der Waals surface area contributed by atoms with Crippen LogP contribution < -0.4 is 10.5 Å². The summed E-state index contributed by atoms with van der Waals surface area (Å²) < 4.78 is 10.5. The van der Waals surface area contributed by atoms with Gasteiger partial charge in [0, 0.05) is 12.6 Å². The SMILES string of the molecule is NCc1cccc(OC2COC2)n1. The predicted octanol–water partition coefficient (Wildman–Crippen LogP) is 0.318. The van der Waals surface area contributed by atoms with Gasteiger partial charge in [0.15, 0.2) is 0 Å². The van der Waals surface area contributed by atoms with Crippen molar-refractivity contribution in [2.75, 3.05) is 13.2 Å². The lowest BCUT2D eigenvalue weighted by atomic mass is 10.3. The fourth-order valence-corrected chi connectivity index (χ4v) is 1.09. The zero-order valence-electron chi connectivity index (χ0n) is 7.27. The van der Waals surface area contributed by atoms with Gasteiger partial charge in [-0.15, -0.1) is 0 Å². The lowest BCUT2D eigenvalue weighted by molar-refractivity contribution is -0.0813. The van der Waals surface area contributed by atoms with Gasteiger partial charge in [-0.2, -0.15) is 0 Å². The van der Waals surface area contributed by atoms with E-state index < -0.39 is 0 Å². The maximum Gasteiger partial charge on any atom is 0.213 e. The van der Waals surface area contributed by atoms with Crippen molar-refractivity contribution in [3.63, 3.8) is 0 Å². The second kappa shape index (κ2) is 3.72. The molecule has 4 nitrogen and oxygen atoms in total. The van der Waals surface area contributed by atoms with E-state index in [4.69, 9.17) is 15.2 Å². The van der Waals surface area contributed by atoms with Crippen LogP contribution in [0.4, 0.5) is 0 Å². The maximum atomic E-state index is 5.50. The van der Waals surface area contributed by atoms with E-state index in [0.717, 1.165) is 5.69 Å². The number of nitrogens with two attached hydrogens (primary N) is 1. The van der Waals surface area contributed by atoms with Crippen molar-refractivity contribution in [2.24, 2.45) is 5.73 Å². The molecule has 1 saturated heterocycles. The molecule has 2 heterocycles. The molecule has 0 spiro atoms. The lowest BCUT2D eigenvalue weighted by Gasteiger charge is -2.26. The minimum Gasteiger partial charge on any atom is -0.469 e. The number of ether oxygens (including phenoxy) is 2. The van der Waals surface area contributed by atoms with Gasteiger partial charge in [-0.1, -0.05) is 6.07 Å². The van der Waals surface area contributed by atoms with Gasteiger partial charge in [-0.05, 0) is 6.07 Å². The summed E-state index contributed by atoms with van der Waals surface area (Å²) in [6, 6.07) is 5.60. The van der Waals surface area contributed by atoms with Crippen molar-refractivity contribution >= 4 is 0 Å². The minimum absolute atomic E-state index is 0.167. The summed E-state index contributed by atoms with van der Waals surface area (Å²) in [5, 5.41) is 0. The molecule has 0 bridgehead atoms. The standard InChI is InChI=1S/C9H12N2O2/c10-4-7-2-1-3-9(11-7)13-8-5-12-6-8/h1-3,8H,4-6,10H2. The number of hydrogen-bond acceptors (Lipinski definition) is 4. The lowest BCUT2D eigenvalue weighted by Crippen LogP contribution is -2.38. The van der Waals surface area contributed by atoms with Gasteiger partial charge in [-0.25, -0.2) is 4.98 Å². The van der Waals surface area contributed by atoms with E-state index in [1.165, 1.54) is 0 Å². The molecule has 4 heteroatoms. The zero-order valence-corrected chi connectivity index (χ0v) is 7.27. The van der Waals surface area contributed by atoms with E-state index in [0.29, 0.717) is 25.6 Å². The molecule has 2 N–H and O–H groups in total. The molecule has 0 radical (unpaired) electrons. The largest absolute Gasteiger partial charge is 0.469 e. The minimum atomic E-state index is 0.167. The maximum absolute atomic E-state index is 5.50. The fraction of sp³-hybridized carbons (Fsp3) is 0.444. The van der Waals surface area contributed by atoms with Crippen molar-refractivity contribution in [2.45, 2.75) is 12.6 Å². The summed E-state index contributed by atoms with van der Waals surface area (Å²) in [5.74, 6) is 0.635. The molecule has 0 aliphatic carbocycles. The molecule has 2 rings (SSSR count). The molecule has 1 aliphatic heterocycles. The van der Waals surface area contributed by atoms with Crippen LogP contribution in [0.1, 0.15) is 5.69 Å². The van der Waals surface area contributed by atoms with E-state index in [1.807, 2.05) is 18.2 Å². The summed E-state index contributed by atoms with van der Waals surface area (Å²) in [5.41, 5.74) is 6.30. The first-order valence-corrected chi connectivity index (χ1v) is 4.29. The van der Waals surface area contributed by atoms with Gasteiger partial charge in [0.25, 0.3) is 0 Å². The van der Waals surface area contributed by atoms with Crippen molar-refractivity contribution in [1.29, 1.82) is 0 Å². The molecule has 13 heavy (non-hydrogen) atoms. The summed E-state index contributed by atoms with van der Waals surface area (Å²) in [4.78, 5) is 4.21. The third kappa shape index (κ3) is 1.96. The van der Waals surface area contributed by atoms with E-state index >= 15 is 0 Å². The number of nitrogens with zero attached hydrogens (tertiary/aromatic N) is 1. The average molecular weight is 180 g/mol. The molecule has 1 aromatic rings. The quantitative estimate of drug-likeness (QED) is 0.727. The molecule has 0 atom stereocenters. The normalized spacial score (nSPS) is 16.7. The first-order valence-electron chi connectivity index (χ1n) is 4.29. The van der Waals surface area contributed by atoms with E-state index in [1.54, 1.807) is 0 Å². The Labute approximate surface area is 76.7 Å². The van der Waals surface area contributed by atoms with Crippen LogP contribution in [0.2, 0.25) is 0 Å². The average Bonchev–Trinajstić information content (AvgIpc) is 2.12. The second-order valence-corrected chi connectivity index (χ2v) is 2.95. The molecule has 1 aliphatic rings. The van der Waals surface area contributed by atoms with E-state index in [2.05, 4.69) is 4.98 Å². The number of pyridine rings is 1. The number of aromatic nitrogens is 1. The monoisotopic (exact) mass is 180 g/mol. The Morgan fingerprint density at radius 3 is 3.00 bits per heavy atom. The van der Waals surface area contributed by atoms with Crippen molar-refractivity contribution in [3.8, 4) is 5.88 Å².